The quantitative estimate of drug-likeness (QED) is 0.0941. The van der Waals surface area contributed by atoms with Gasteiger partial charge in [-0.15, -0.1) is 11.1 Å². The van der Waals surface area contributed by atoms with Crippen molar-refractivity contribution in [2.24, 2.45) is 0 Å². The van der Waals surface area contributed by atoms with E-state index < -0.39 is 16.1 Å². The Kier molecular flexibility index (Phi) is 14.2. The first-order valence-electron chi connectivity index (χ1n) is 19.6. The summed E-state index contributed by atoms with van der Waals surface area (Å²) in [5.41, 5.74) is 14.0. The van der Waals surface area contributed by atoms with E-state index in [4.69, 9.17) is 0 Å². The molecule has 0 radical (unpaired) electrons. The Morgan fingerprint density at radius 1 is 0.360 bits per heavy atom. The Morgan fingerprint density at radius 2 is 0.560 bits per heavy atom. The first-order chi connectivity index (χ1) is 23.7. The smallest absolute Gasteiger partial charge is 0.125 e. The number of hydrogen-bond acceptors (Lipinski definition) is 0. The first kappa shape index (κ1) is 41.1. The predicted molar refractivity (Wildman–Crippen MR) is 235 cm³/mol. The molecule has 0 amide bonds. The van der Waals surface area contributed by atoms with Gasteiger partial charge in [0, 0.05) is 11.1 Å². The van der Waals surface area contributed by atoms with Crippen molar-refractivity contribution in [1.29, 1.82) is 0 Å². The van der Waals surface area contributed by atoms with E-state index in [2.05, 4.69) is 179 Å². The molecule has 0 atom stereocenters. The fraction of sp³-hybridized carbons (Fsp3) is 0.458. The maximum atomic E-state index is 4.11. The molecule has 266 valence electrons. The molecule has 0 heterocycles. The van der Waals surface area contributed by atoms with Gasteiger partial charge in [-0.3, -0.25) is 0 Å². The minimum Gasteiger partial charge on any atom is -0.125 e. The van der Waals surface area contributed by atoms with Crippen LogP contribution in [0.25, 0.3) is 43.1 Å². The van der Waals surface area contributed by atoms with Crippen molar-refractivity contribution in [3.05, 3.63) is 83.9 Å². The van der Waals surface area contributed by atoms with E-state index in [9.17, 15) is 0 Å². The van der Waals surface area contributed by atoms with Gasteiger partial charge >= 0.3 is 0 Å². The van der Waals surface area contributed by atoms with Crippen LogP contribution in [-0.2, 0) is 0 Å². The van der Waals surface area contributed by atoms with Gasteiger partial charge in [-0.25, -0.2) is 0 Å². The van der Waals surface area contributed by atoms with Crippen LogP contribution in [0.3, 0.4) is 0 Å². The number of hydrogen-bond donors (Lipinski definition) is 0. The molecule has 0 bridgehead atoms. The molecule has 0 aliphatic carbocycles. The number of benzene rings is 5. The largest absolute Gasteiger partial charge is 0.146 e. The molecule has 0 spiro atoms. The van der Waals surface area contributed by atoms with E-state index in [1.54, 1.807) is 0 Å². The number of rotatable bonds is 6. The Morgan fingerprint density at radius 3 is 0.740 bits per heavy atom. The van der Waals surface area contributed by atoms with Gasteiger partial charge < -0.3 is 0 Å². The maximum absolute atomic E-state index is 4.11. The van der Waals surface area contributed by atoms with Gasteiger partial charge in [0.2, 0.25) is 0 Å². The molecule has 0 saturated carbocycles. The summed E-state index contributed by atoms with van der Waals surface area (Å²) in [4.78, 5) is 0. The molecule has 0 saturated heterocycles. The fourth-order valence-electron chi connectivity index (χ4n) is 9.07. The highest BCUT2D eigenvalue weighted by molar-refractivity contribution is 6.91. The van der Waals surface area contributed by atoms with Gasteiger partial charge in [-0.1, -0.05) is 171 Å². The molecule has 50 heavy (non-hydrogen) atoms. The molecule has 0 N–H and O–H groups in total. The van der Waals surface area contributed by atoms with Crippen molar-refractivity contribution in [2.45, 2.75) is 144 Å². The zero-order chi connectivity index (χ0) is 37.6. The van der Waals surface area contributed by atoms with Crippen molar-refractivity contribution in [1.82, 2.24) is 0 Å². The highest BCUT2D eigenvalue weighted by Crippen LogP contribution is 2.43. The SMILES string of the molecule is CC.CC.CC(C)[Si](C#Cc1c2cc3ccccc3cc2c(C#C[Si](C(C)C)(C(C)C)C(C)C)c2cc3ccccc3cc12)(C(C)C)C(C)C. The standard InChI is InChI=1S/C44H54Si2.2C2H6/c1-29(2)45(30(3)4,31(5)6)23-21-39-41-25-35-17-13-15-19-37(35)27-43(41)40(22-24-46(32(7)8,33(9)10)34(11)12)44-28-38-20-16-14-18-36(38)26-42(39)44;2*1-2/h13-20,25-34H,1-12H3;2*1-2H3. The highest BCUT2D eigenvalue weighted by atomic mass is 28.3. The molecule has 2 heteroatoms. The summed E-state index contributed by atoms with van der Waals surface area (Å²) in [5.74, 6) is 7.94. The molecule has 0 aliphatic heterocycles. The van der Waals surface area contributed by atoms with Gasteiger partial charge in [0.05, 0.1) is 0 Å². The monoisotopic (exact) mass is 698 g/mol. The lowest BCUT2D eigenvalue weighted by atomic mass is 9.89. The van der Waals surface area contributed by atoms with Crippen LogP contribution < -0.4 is 0 Å². The minimum atomic E-state index is -1.97. The number of fused-ring (bicyclic) bond motifs is 4. The fourth-order valence-corrected chi connectivity index (χ4v) is 19.5. The van der Waals surface area contributed by atoms with Crippen LogP contribution in [0.4, 0.5) is 0 Å². The summed E-state index contributed by atoms with van der Waals surface area (Å²) in [5, 5.41) is 9.98. The van der Waals surface area contributed by atoms with Crippen molar-refractivity contribution in [3.63, 3.8) is 0 Å². The van der Waals surface area contributed by atoms with Gasteiger partial charge in [0.15, 0.2) is 0 Å². The molecule has 0 aliphatic rings. The third kappa shape index (κ3) is 7.50. The third-order valence-corrected chi connectivity index (χ3v) is 24.0. The van der Waals surface area contributed by atoms with E-state index in [1.807, 2.05) is 27.7 Å². The Balaban J connectivity index is 0.00000163. The van der Waals surface area contributed by atoms with Gasteiger partial charge in [0.25, 0.3) is 0 Å². The maximum Gasteiger partial charge on any atom is 0.146 e. The Bertz CT molecular complexity index is 1750. The second-order valence-electron chi connectivity index (χ2n) is 15.5. The van der Waals surface area contributed by atoms with Gasteiger partial charge in [-0.2, -0.15) is 0 Å². The molecular weight excluding hydrogens is 633 g/mol. The minimum absolute atomic E-state index is 0.575. The first-order valence-corrected chi connectivity index (χ1v) is 24.1. The highest BCUT2D eigenvalue weighted by Gasteiger charge is 2.42. The van der Waals surface area contributed by atoms with E-state index in [0.717, 1.165) is 0 Å². The molecule has 0 aromatic heterocycles. The van der Waals surface area contributed by atoms with Gasteiger partial charge in [-0.05, 0) is 101 Å². The lowest BCUT2D eigenvalue weighted by molar-refractivity contribution is 0.838. The van der Waals surface area contributed by atoms with Crippen LogP contribution in [0.1, 0.15) is 122 Å². The molecule has 5 aromatic rings. The van der Waals surface area contributed by atoms with Gasteiger partial charge in [0.1, 0.15) is 16.1 Å². The van der Waals surface area contributed by atoms with Crippen LogP contribution in [0, 0.1) is 22.9 Å². The summed E-state index contributed by atoms with van der Waals surface area (Å²) in [7, 11) is -3.93. The van der Waals surface area contributed by atoms with Crippen LogP contribution in [0.15, 0.2) is 72.8 Å². The lowest BCUT2D eigenvalue weighted by Gasteiger charge is -2.38. The van der Waals surface area contributed by atoms with E-state index in [-0.39, 0.29) is 0 Å². The zero-order valence-corrected chi connectivity index (χ0v) is 36.4. The molecule has 0 unspecified atom stereocenters. The molecule has 5 aromatic carbocycles. The topological polar surface area (TPSA) is 0 Å². The lowest BCUT2D eigenvalue weighted by Crippen LogP contribution is -2.43. The second kappa shape index (κ2) is 17.3. The summed E-state index contributed by atoms with van der Waals surface area (Å²) in [6.45, 7) is 36.9. The molecule has 5 rings (SSSR count). The van der Waals surface area contributed by atoms with Crippen LogP contribution in [0.2, 0.25) is 33.2 Å². The van der Waals surface area contributed by atoms with E-state index in [1.165, 1.54) is 54.2 Å². The van der Waals surface area contributed by atoms with Crippen LogP contribution >= 0.6 is 0 Å². The Hall–Kier alpha value is -3.31. The summed E-state index contributed by atoms with van der Waals surface area (Å²) < 4.78 is 0. The summed E-state index contributed by atoms with van der Waals surface area (Å²) in [6.07, 6.45) is 0. The average molecular weight is 699 g/mol. The van der Waals surface area contributed by atoms with Crippen molar-refractivity contribution in [3.8, 4) is 22.9 Å². The molecular formula is C48H66Si2. The Labute approximate surface area is 308 Å². The second-order valence-corrected chi connectivity index (χ2v) is 26.7. The van der Waals surface area contributed by atoms with E-state index >= 15 is 0 Å². The normalized spacial score (nSPS) is 12.0. The third-order valence-electron chi connectivity index (χ3n) is 11.4. The van der Waals surface area contributed by atoms with Crippen LogP contribution in [0.5, 0.6) is 0 Å². The molecule has 0 fully saturated rings. The summed E-state index contributed by atoms with van der Waals surface area (Å²) >= 11 is 0. The van der Waals surface area contributed by atoms with Crippen molar-refractivity contribution < 1.29 is 0 Å². The predicted octanol–water partition coefficient (Wildman–Crippen LogP) is 15.5. The van der Waals surface area contributed by atoms with Crippen LogP contribution in [-0.4, -0.2) is 16.1 Å². The summed E-state index contributed by atoms with van der Waals surface area (Å²) in [6, 6.07) is 27.2. The van der Waals surface area contributed by atoms with Crippen molar-refractivity contribution in [2.75, 3.05) is 0 Å². The zero-order valence-electron chi connectivity index (χ0n) is 34.4. The average Bonchev–Trinajstić information content (AvgIpc) is 3.08. The van der Waals surface area contributed by atoms with Crippen molar-refractivity contribution >= 4 is 59.2 Å². The van der Waals surface area contributed by atoms with E-state index in [0.29, 0.717) is 33.2 Å². The molecule has 0 nitrogen and oxygen atoms in total.